The number of carboxylic acid groups (broad SMARTS) is 1. The van der Waals surface area contributed by atoms with Gasteiger partial charge < -0.3 is 10.4 Å². The molecule has 2 saturated carbocycles. The number of carboxylic acids is 1. The van der Waals surface area contributed by atoms with Crippen LogP contribution in [0.5, 0.6) is 0 Å². The van der Waals surface area contributed by atoms with Crippen molar-refractivity contribution in [3.8, 4) is 0 Å². The van der Waals surface area contributed by atoms with Crippen molar-refractivity contribution < 1.29 is 14.7 Å². The van der Waals surface area contributed by atoms with E-state index in [9.17, 15) is 14.7 Å². The summed E-state index contributed by atoms with van der Waals surface area (Å²) < 4.78 is 0. The van der Waals surface area contributed by atoms with E-state index in [1.165, 1.54) is 5.56 Å². The molecule has 0 radical (unpaired) electrons. The van der Waals surface area contributed by atoms with Gasteiger partial charge in [-0.2, -0.15) is 0 Å². The molecule has 2 aliphatic carbocycles. The third kappa shape index (κ3) is 2.80. The van der Waals surface area contributed by atoms with Crippen molar-refractivity contribution in [2.75, 3.05) is 6.54 Å². The highest BCUT2D eigenvalue weighted by Gasteiger charge is 2.53. The van der Waals surface area contributed by atoms with Crippen LogP contribution in [0.1, 0.15) is 24.8 Å². The predicted molar refractivity (Wildman–Crippen MR) is 78.6 cm³/mol. The molecule has 0 unspecified atom stereocenters. The SMILES string of the molecule is O=C(O)[C@H]1[C@@H]2CC[C@@H](C2)[C@@H]1C(=O)NCCc1ccccc1. The molecule has 1 amide bonds. The standard InChI is InChI=1S/C17H21NO3/c19-16(18-9-8-11-4-2-1-3-5-11)14-12-6-7-13(10-12)15(14)17(20)21/h1-5,12-15H,6-10H2,(H,18,19)(H,20,21)/t12-,13+,14-,15-/m0/s1. The molecular formula is C17H21NO3. The highest BCUT2D eigenvalue weighted by molar-refractivity contribution is 5.86. The Morgan fingerprint density at radius 3 is 2.43 bits per heavy atom. The van der Waals surface area contributed by atoms with Gasteiger partial charge in [0.2, 0.25) is 5.91 Å². The van der Waals surface area contributed by atoms with Gasteiger partial charge in [0, 0.05) is 6.54 Å². The second-order valence-corrected chi connectivity index (χ2v) is 6.25. The maximum atomic E-state index is 12.4. The Balaban J connectivity index is 1.56. The average molecular weight is 287 g/mol. The molecule has 0 aromatic heterocycles. The van der Waals surface area contributed by atoms with Gasteiger partial charge in [0.05, 0.1) is 11.8 Å². The van der Waals surface area contributed by atoms with Crippen LogP contribution in [0.4, 0.5) is 0 Å². The number of nitrogens with one attached hydrogen (secondary N) is 1. The molecule has 0 saturated heterocycles. The summed E-state index contributed by atoms with van der Waals surface area (Å²) in [5, 5.41) is 12.3. The van der Waals surface area contributed by atoms with Gasteiger partial charge in [-0.3, -0.25) is 9.59 Å². The Hall–Kier alpha value is -1.84. The van der Waals surface area contributed by atoms with E-state index in [0.29, 0.717) is 6.54 Å². The molecule has 2 bridgehead atoms. The molecule has 2 N–H and O–H groups in total. The summed E-state index contributed by atoms with van der Waals surface area (Å²) in [7, 11) is 0. The Morgan fingerprint density at radius 1 is 1.10 bits per heavy atom. The van der Waals surface area contributed by atoms with Gasteiger partial charge in [0.1, 0.15) is 0 Å². The minimum Gasteiger partial charge on any atom is -0.481 e. The van der Waals surface area contributed by atoms with Crippen molar-refractivity contribution in [2.24, 2.45) is 23.7 Å². The first-order valence-electron chi connectivity index (χ1n) is 7.71. The van der Waals surface area contributed by atoms with Crippen LogP contribution in [0, 0.1) is 23.7 Å². The highest BCUT2D eigenvalue weighted by Crippen LogP contribution is 2.52. The van der Waals surface area contributed by atoms with Gasteiger partial charge in [-0.05, 0) is 43.1 Å². The van der Waals surface area contributed by atoms with Crippen LogP contribution in [0.3, 0.4) is 0 Å². The molecule has 0 heterocycles. The minimum absolute atomic E-state index is 0.0643. The van der Waals surface area contributed by atoms with E-state index in [2.05, 4.69) is 5.32 Å². The number of fused-ring (bicyclic) bond motifs is 2. The van der Waals surface area contributed by atoms with Gasteiger partial charge in [-0.25, -0.2) is 0 Å². The van der Waals surface area contributed by atoms with Gasteiger partial charge >= 0.3 is 5.97 Å². The molecular weight excluding hydrogens is 266 g/mol. The Kier molecular flexibility index (Phi) is 3.95. The third-order valence-electron chi connectivity index (χ3n) is 5.06. The molecule has 2 aliphatic rings. The zero-order valence-electron chi connectivity index (χ0n) is 12.0. The lowest BCUT2D eigenvalue weighted by Crippen LogP contribution is -2.41. The van der Waals surface area contributed by atoms with Gasteiger partial charge in [0.25, 0.3) is 0 Å². The number of aliphatic carboxylic acids is 1. The lowest BCUT2D eigenvalue weighted by molar-refractivity contribution is -0.149. The molecule has 1 aromatic rings. The summed E-state index contributed by atoms with van der Waals surface area (Å²) >= 11 is 0. The summed E-state index contributed by atoms with van der Waals surface area (Å²) in [6.07, 6.45) is 3.67. The average Bonchev–Trinajstić information content (AvgIpc) is 3.08. The van der Waals surface area contributed by atoms with E-state index in [1.54, 1.807) is 0 Å². The fraction of sp³-hybridized carbons (Fsp3) is 0.529. The zero-order chi connectivity index (χ0) is 14.8. The molecule has 2 fully saturated rings. The topological polar surface area (TPSA) is 66.4 Å². The third-order valence-corrected chi connectivity index (χ3v) is 5.06. The van der Waals surface area contributed by atoms with Gasteiger partial charge in [-0.15, -0.1) is 0 Å². The summed E-state index contributed by atoms with van der Waals surface area (Å²) in [5.41, 5.74) is 1.18. The first kappa shape index (κ1) is 14.1. The lowest BCUT2D eigenvalue weighted by Gasteiger charge is -2.27. The molecule has 3 rings (SSSR count). The minimum atomic E-state index is -0.801. The van der Waals surface area contributed by atoms with Crippen LogP contribution < -0.4 is 5.32 Å². The number of carbonyl (C=O) groups excluding carboxylic acids is 1. The van der Waals surface area contributed by atoms with Crippen molar-refractivity contribution >= 4 is 11.9 Å². The van der Waals surface area contributed by atoms with Crippen LogP contribution in [0.15, 0.2) is 30.3 Å². The molecule has 4 nitrogen and oxygen atoms in total. The Morgan fingerprint density at radius 2 is 1.76 bits per heavy atom. The van der Waals surface area contributed by atoms with Crippen LogP contribution >= 0.6 is 0 Å². The molecule has 0 spiro atoms. The second kappa shape index (κ2) is 5.88. The monoisotopic (exact) mass is 287 g/mol. The lowest BCUT2D eigenvalue weighted by atomic mass is 9.78. The van der Waals surface area contributed by atoms with E-state index >= 15 is 0 Å². The smallest absolute Gasteiger partial charge is 0.307 e. The van der Waals surface area contributed by atoms with E-state index < -0.39 is 11.9 Å². The van der Waals surface area contributed by atoms with E-state index in [1.807, 2.05) is 30.3 Å². The molecule has 1 aromatic carbocycles. The number of rotatable bonds is 5. The van der Waals surface area contributed by atoms with Crippen molar-refractivity contribution in [2.45, 2.75) is 25.7 Å². The highest BCUT2D eigenvalue weighted by atomic mass is 16.4. The maximum absolute atomic E-state index is 12.4. The van der Waals surface area contributed by atoms with Crippen molar-refractivity contribution in [3.05, 3.63) is 35.9 Å². The molecule has 4 heteroatoms. The van der Waals surface area contributed by atoms with E-state index in [0.717, 1.165) is 25.7 Å². The Bertz CT molecular complexity index is 528. The van der Waals surface area contributed by atoms with Crippen LogP contribution in [-0.4, -0.2) is 23.5 Å². The molecule has 0 aliphatic heterocycles. The van der Waals surface area contributed by atoms with Crippen molar-refractivity contribution in [3.63, 3.8) is 0 Å². The van der Waals surface area contributed by atoms with Gasteiger partial charge in [0.15, 0.2) is 0 Å². The summed E-state index contributed by atoms with van der Waals surface area (Å²) in [6.45, 7) is 0.572. The van der Waals surface area contributed by atoms with Crippen molar-refractivity contribution in [1.29, 1.82) is 0 Å². The quantitative estimate of drug-likeness (QED) is 0.871. The first-order chi connectivity index (χ1) is 10.2. The van der Waals surface area contributed by atoms with E-state index in [-0.39, 0.29) is 23.7 Å². The summed E-state index contributed by atoms with van der Waals surface area (Å²) in [4.78, 5) is 23.8. The largest absolute Gasteiger partial charge is 0.481 e. The number of hydrogen-bond acceptors (Lipinski definition) is 2. The number of hydrogen-bond donors (Lipinski definition) is 2. The molecule has 112 valence electrons. The fourth-order valence-corrected chi connectivity index (χ4v) is 4.12. The number of benzene rings is 1. The van der Waals surface area contributed by atoms with Crippen molar-refractivity contribution in [1.82, 2.24) is 5.32 Å². The molecule has 4 atom stereocenters. The second-order valence-electron chi connectivity index (χ2n) is 6.25. The van der Waals surface area contributed by atoms with E-state index in [4.69, 9.17) is 0 Å². The first-order valence-corrected chi connectivity index (χ1v) is 7.71. The van der Waals surface area contributed by atoms with Gasteiger partial charge in [-0.1, -0.05) is 30.3 Å². The van der Waals surface area contributed by atoms with Crippen LogP contribution in [0.2, 0.25) is 0 Å². The molecule has 21 heavy (non-hydrogen) atoms. The number of carbonyl (C=O) groups is 2. The maximum Gasteiger partial charge on any atom is 0.307 e. The van der Waals surface area contributed by atoms with Crippen LogP contribution in [-0.2, 0) is 16.0 Å². The zero-order valence-corrected chi connectivity index (χ0v) is 12.0. The number of amides is 1. The normalized spacial score (nSPS) is 30.3. The Labute approximate surface area is 124 Å². The van der Waals surface area contributed by atoms with Crippen LogP contribution in [0.25, 0.3) is 0 Å². The summed E-state index contributed by atoms with van der Waals surface area (Å²) in [5.74, 6) is -1.18. The summed E-state index contributed by atoms with van der Waals surface area (Å²) in [6, 6.07) is 9.99. The fourth-order valence-electron chi connectivity index (χ4n) is 4.12. The predicted octanol–water partition coefficient (Wildman–Crippen LogP) is 2.09.